The zero-order valence-electron chi connectivity index (χ0n) is 18.3. The quantitative estimate of drug-likeness (QED) is 0.392. The number of nitrogens with zero attached hydrogens (tertiary/aromatic N) is 1. The Bertz CT molecular complexity index is 1330. The van der Waals surface area contributed by atoms with Gasteiger partial charge in [0.1, 0.15) is 5.75 Å². The molecule has 6 heteroatoms. The van der Waals surface area contributed by atoms with Crippen molar-refractivity contribution in [2.75, 3.05) is 23.4 Å². The summed E-state index contributed by atoms with van der Waals surface area (Å²) in [5.41, 5.74) is 3.21. The molecule has 0 radical (unpaired) electrons. The molecule has 0 saturated heterocycles. The lowest BCUT2D eigenvalue weighted by Crippen LogP contribution is -2.35. The van der Waals surface area contributed by atoms with Gasteiger partial charge in [-0.05, 0) is 71.8 Å². The first-order chi connectivity index (χ1) is 16.2. The molecule has 0 unspecified atom stereocenters. The molecule has 5 nitrogen and oxygen atoms in total. The molecule has 166 valence electrons. The Hall–Kier alpha value is -3.64. The van der Waals surface area contributed by atoms with Gasteiger partial charge in [0.15, 0.2) is 0 Å². The average Bonchev–Trinajstić information content (AvgIpc) is 3.38. The van der Waals surface area contributed by atoms with E-state index in [-0.39, 0.29) is 11.8 Å². The highest BCUT2D eigenvalue weighted by Gasteiger charge is 2.25. The van der Waals surface area contributed by atoms with Gasteiger partial charge >= 0.3 is 0 Å². The van der Waals surface area contributed by atoms with Crippen molar-refractivity contribution >= 4 is 45.3 Å². The van der Waals surface area contributed by atoms with E-state index in [4.69, 9.17) is 4.74 Å². The number of anilines is 2. The van der Waals surface area contributed by atoms with E-state index >= 15 is 0 Å². The zero-order valence-corrected chi connectivity index (χ0v) is 19.2. The van der Waals surface area contributed by atoms with Gasteiger partial charge < -0.3 is 15.0 Å². The van der Waals surface area contributed by atoms with Crippen molar-refractivity contribution in [3.8, 4) is 5.75 Å². The fourth-order valence-electron chi connectivity index (χ4n) is 4.37. The largest absolute Gasteiger partial charge is 0.493 e. The van der Waals surface area contributed by atoms with Gasteiger partial charge in [0.25, 0.3) is 11.8 Å². The third-order valence-corrected chi connectivity index (χ3v) is 6.71. The molecule has 1 aliphatic heterocycles. The van der Waals surface area contributed by atoms with Gasteiger partial charge in [0.2, 0.25) is 0 Å². The second-order valence-electron chi connectivity index (χ2n) is 7.93. The standard InChI is InChI=1S/C27H24N2O3S/c1-2-32-23-14-11-18-7-3-4-9-21(18)25(23)26(30)28-20-12-13-22-19(17-20)8-5-15-29(22)27(31)24-10-6-16-33-24/h3-4,6-7,9-14,16-17H,2,5,8,15H2,1H3,(H,28,30). The van der Waals surface area contributed by atoms with Crippen LogP contribution in [0.25, 0.3) is 10.8 Å². The molecule has 1 N–H and O–H groups in total. The van der Waals surface area contributed by atoms with Crippen LogP contribution in [0.1, 0.15) is 38.9 Å². The van der Waals surface area contributed by atoms with Gasteiger partial charge in [-0.1, -0.05) is 36.4 Å². The van der Waals surface area contributed by atoms with Crippen LogP contribution in [0.4, 0.5) is 11.4 Å². The van der Waals surface area contributed by atoms with Gasteiger partial charge in [-0.2, -0.15) is 0 Å². The highest BCUT2D eigenvalue weighted by molar-refractivity contribution is 7.12. The lowest BCUT2D eigenvalue weighted by atomic mass is 10.00. The summed E-state index contributed by atoms with van der Waals surface area (Å²) in [7, 11) is 0. The van der Waals surface area contributed by atoms with Gasteiger partial charge in [0.05, 0.1) is 17.0 Å². The highest BCUT2D eigenvalue weighted by atomic mass is 32.1. The molecule has 0 aliphatic carbocycles. The van der Waals surface area contributed by atoms with Crippen LogP contribution in [-0.2, 0) is 6.42 Å². The Kier molecular flexibility index (Phi) is 5.84. The van der Waals surface area contributed by atoms with Gasteiger partial charge in [-0.25, -0.2) is 0 Å². The normalized spacial score (nSPS) is 12.9. The van der Waals surface area contributed by atoms with E-state index in [2.05, 4.69) is 5.32 Å². The predicted octanol–water partition coefficient (Wildman–Crippen LogP) is 6.15. The van der Waals surface area contributed by atoms with Crippen molar-refractivity contribution in [1.82, 2.24) is 0 Å². The molecule has 2 heterocycles. The molecule has 0 saturated carbocycles. The second-order valence-corrected chi connectivity index (χ2v) is 8.88. The number of amides is 2. The summed E-state index contributed by atoms with van der Waals surface area (Å²) in [5.74, 6) is 0.386. The molecular formula is C27H24N2O3S. The fourth-order valence-corrected chi connectivity index (χ4v) is 5.05. The summed E-state index contributed by atoms with van der Waals surface area (Å²) < 4.78 is 5.77. The number of benzene rings is 3. The average molecular weight is 457 g/mol. The van der Waals surface area contributed by atoms with Crippen LogP contribution in [0, 0.1) is 0 Å². The number of fused-ring (bicyclic) bond motifs is 2. The molecule has 5 rings (SSSR count). The van der Waals surface area contributed by atoms with E-state index in [1.807, 2.05) is 83.9 Å². The van der Waals surface area contributed by atoms with Crippen LogP contribution in [0.5, 0.6) is 5.75 Å². The zero-order chi connectivity index (χ0) is 22.8. The Labute approximate surface area is 196 Å². The molecule has 0 fully saturated rings. The van der Waals surface area contributed by atoms with E-state index < -0.39 is 0 Å². The second kappa shape index (κ2) is 9.08. The maximum atomic E-state index is 13.4. The molecule has 33 heavy (non-hydrogen) atoms. The van der Waals surface area contributed by atoms with E-state index in [1.54, 1.807) is 0 Å². The number of carbonyl (C=O) groups is 2. The highest BCUT2D eigenvalue weighted by Crippen LogP contribution is 2.33. The number of aryl methyl sites for hydroxylation is 1. The molecule has 1 aliphatic rings. The minimum atomic E-state index is -0.211. The van der Waals surface area contributed by atoms with Crippen LogP contribution in [-0.4, -0.2) is 25.0 Å². The fraction of sp³-hybridized carbons (Fsp3) is 0.185. The lowest BCUT2D eigenvalue weighted by Gasteiger charge is -2.29. The molecule has 0 spiro atoms. The topological polar surface area (TPSA) is 58.6 Å². The third-order valence-electron chi connectivity index (χ3n) is 5.85. The SMILES string of the molecule is CCOc1ccc2ccccc2c1C(=O)Nc1ccc2c(c1)CCCN2C(=O)c1cccs1. The summed E-state index contributed by atoms with van der Waals surface area (Å²) in [6.45, 7) is 3.08. The van der Waals surface area contributed by atoms with Crippen molar-refractivity contribution in [3.05, 3.63) is 88.1 Å². The molecule has 3 aromatic carbocycles. The number of hydrogen-bond acceptors (Lipinski definition) is 4. The number of rotatable bonds is 5. The van der Waals surface area contributed by atoms with Crippen LogP contribution < -0.4 is 15.0 Å². The molecule has 1 aromatic heterocycles. The lowest BCUT2D eigenvalue weighted by molar-refractivity contribution is 0.0986. The summed E-state index contributed by atoms with van der Waals surface area (Å²) in [6.07, 6.45) is 1.76. The maximum absolute atomic E-state index is 13.4. The van der Waals surface area contributed by atoms with E-state index in [1.165, 1.54) is 11.3 Å². The van der Waals surface area contributed by atoms with Gasteiger partial charge in [-0.3, -0.25) is 9.59 Å². The van der Waals surface area contributed by atoms with Crippen LogP contribution in [0.2, 0.25) is 0 Å². The number of hydrogen-bond donors (Lipinski definition) is 1. The first-order valence-corrected chi connectivity index (χ1v) is 12.0. The third kappa shape index (κ3) is 4.10. The van der Waals surface area contributed by atoms with Crippen molar-refractivity contribution in [1.29, 1.82) is 0 Å². The van der Waals surface area contributed by atoms with Gasteiger partial charge in [-0.15, -0.1) is 11.3 Å². The Morgan fingerprint density at radius 1 is 1.06 bits per heavy atom. The van der Waals surface area contributed by atoms with E-state index in [0.29, 0.717) is 30.2 Å². The predicted molar refractivity (Wildman–Crippen MR) is 134 cm³/mol. The summed E-state index contributed by atoms with van der Waals surface area (Å²) in [4.78, 5) is 28.9. The van der Waals surface area contributed by atoms with Crippen molar-refractivity contribution in [2.24, 2.45) is 0 Å². The maximum Gasteiger partial charge on any atom is 0.268 e. The van der Waals surface area contributed by atoms with E-state index in [9.17, 15) is 9.59 Å². The monoisotopic (exact) mass is 456 g/mol. The molecular weight excluding hydrogens is 432 g/mol. The Balaban J connectivity index is 1.45. The minimum absolute atomic E-state index is 0.0276. The number of thiophene rings is 1. The first-order valence-electron chi connectivity index (χ1n) is 11.1. The van der Waals surface area contributed by atoms with Crippen LogP contribution >= 0.6 is 11.3 Å². The van der Waals surface area contributed by atoms with Crippen molar-refractivity contribution < 1.29 is 14.3 Å². The van der Waals surface area contributed by atoms with Gasteiger partial charge in [0, 0.05) is 17.9 Å². The number of ether oxygens (including phenoxy) is 1. The summed E-state index contributed by atoms with van der Waals surface area (Å²) in [6, 6.07) is 21.1. The Morgan fingerprint density at radius 2 is 1.94 bits per heavy atom. The minimum Gasteiger partial charge on any atom is -0.493 e. The molecule has 2 amide bonds. The van der Waals surface area contributed by atoms with Crippen LogP contribution in [0.15, 0.2) is 72.1 Å². The molecule has 4 aromatic rings. The van der Waals surface area contributed by atoms with Crippen LogP contribution in [0.3, 0.4) is 0 Å². The van der Waals surface area contributed by atoms with Crippen molar-refractivity contribution in [2.45, 2.75) is 19.8 Å². The number of carbonyl (C=O) groups excluding carboxylic acids is 2. The molecule has 0 bridgehead atoms. The smallest absolute Gasteiger partial charge is 0.268 e. The first kappa shape index (κ1) is 21.2. The summed E-state index contributed by atoms with van der Waals surface area (Å²) >= 11 is 1.45. The summed E-state index contributed by atoms with van der Waals surface area (Å²) in [5, 5.41) is 6.81. The molecule has 0 atom stereocenters. The number of nitrogens with one attached hydrogen (secondary N) is 1. The van der Waals surface area contributed by atoms with E-state index in [0.717, 1.165) is 39.7 Å². The van der Waals surface area contributed by atoms with Crippen molar-refractivity contribution in [3.63, 3.8) is 0 Å². The Morgan fingerprint density at radius 3 is 2.76 bits per heavy atom.